The van der Waals surface area contributed by atoms with E-state index in [4.69, 9.17) is 11.6 Å². The third kappa shape index (κ3) is 3.55. The predicted molar refractivity (Wildman–Crippen MR) is 87.8 cm³/mol. The molecule has 1 aromatic heterocycles. The first kappa shape index (κ1) is 14.4. The van der Waals surface area contributed by atoms with Crippen molar-refractivity contribution in [3.63, 3.8) is 0 Å². The minimum absolute atomic E-state index is 0.258. The second-order valence-corrected chi connectivity index (χ2v) is 6.10. The van der Waals surface area contributed by atoms with E-state index in [0.717, 1.165) is 18.8 Å². The molecule has 3 nitrogen and oxygen atoms in total. The monoisotopic (exact) mass is 301 g/mol. The topological polar surface area (TPSA) is 28.2 Å². The molecule has 0 aliphatic heterocycles. The fourth-order valence-corrected chi connectivity index (χ4v) is 2.71. The largest absolute Gasteiger partial charge is 0.364 e. The Kier molecular flexibility index (Phi) is 4.13. The summed E-state index contributed by atoms with van der Waals surface area (Å²) >= 11 is 5.91. The van der Waals surface area contributed by atoms with Crippen molar-refractivity contribution < 1.29 is 0 Å². The lowest BCUT2D eigenvalue weighted by Gasteiger charge is -2.29. The molecule has 0 saturated heterocycles. The maximum Gasteiger partial charge on any atom is 0.129 e. The van der Waals surface area contributed by atoms with Gasteiger partial charge < -0.3 is 10.2 Å². The van der Waals surface area contributed by atoms with E-state index in [9.17, 15) is 0 Å². The van der Waals surface area contributed by atoms with E-state index in [2.05, 4.69) is 39.5 Å². The fraction of sp³-hybridized carbons (Fsp3) is 0.353. The molecule has 1 aliphatic rings. The zero-order valence-corrected chi connectivity index (χ0v) is 13.0. The zero-order valence-electron chi connectivity index (χ0n) is 12.2. The summed E-state index contributed by atoms with van der Waals surface area (Å²) in [5.74, 6) is 0. The van der Waals surface area contributed by atoms with Crippen molar-refractivity contribution in [2.24, 2.45) is 0 Å². The van der Waals surface area contributed by atoms with Crippen molar-refractivity contribution in [2.45, 2.75) is 24.9 Å². The van der Waals surface area contributed by atoms with E-state index >= 15 is 0 Å². The summed E-state index contributed by atoms with van der Waals surface area (Å²) in [6, 6.07) is 14.4. The number of hydrogen-bond acceptors (Lipinski definition) is 3. The van der Waals surface area contributed by atoms with Crippen molar-refractivity contribution in [1.82, 2.24) is 10.3 Å². The first-order valence-corrected chi connectivity index (χ1v) is 7.68. The Morgan fingerprint density at radius 1 is 1.19 bits per heavy atom. The maximum absolute atomic E-state index is 5.91. The quantitative estimate of drug-likeness (QED) is 0.828. The highest BCUT2D eigenvalue weighted by Crippen LogP contribution is 2.37. The SMILES string of the molecule is CNC1(CN(Cc2ccccc2)c2ccc(Cl)nc2)CC1. The van der Waals surface area contributed by atoms with Crippen molar-refractivity contribution >= 4 is 17.3 Å². The molecule has 4 heteroatoms. The molecule has 0 bridgehead atoms. The lowest BCUT2D eigenvalue weighted by Crippen LogP contribution is -2.41. The second-order valence-electron chi connectivity index (χ2n) is 5.71. The molecule has 0 radical (unpaired) electrons. The molecule has 0 amide bonds. The summed E-state index contributed by atoms with van der Waals surface area (Å²) < 4.78 is 0. The van der Waals surface area contributed by atoms with Gasteiger partial charge >= 0.3 is 0 Å². The maximum atomic E-state index is 5.91. The number of benzene rings is 1. The summed E-state index contributed by atoms with van der Waals surface area (Å²) in [7, 11) is 2.05. The highest BCUT2D eigenvalue weighted by atomic mass is 35.5. The van der Waals surface area contributed by atoms with E-state index in [-0.39, 0.29) is 5.54 Å². The number of aromatic nitrogens is 1. The van der Waals surface area contributed by atoms with Crippen LogP contribution in [0.3, 0.4) is 0 Å². The molecular formula is C17H20ClN3. The van der Waals surface area contributed by atoms with Gasteiger partial charge in [-0.2, -0.15) is 0 Å². The van der Waals surface area contributed by atoms with Gasteiger partial charge in [0.15, 0.2) is 0 Å². The molecule has 1 saturated carbocycles. The average Bonchev–Trinajstić information content (AvgIpc) is 3.29. The van der Waals surface area contributed by atoms with Crippen LogP contribution in [0.1, 0.15) is 18.4 Å². The summed E-state index contributed by atoms with van der Waals surface area (Å²) in [4.78, 5) is 6.60. The predicted octanol–water partition coefficient (Wildman–Crippen LogP) is 3.49. The Morgan fingerprint density at radius 2 is 1.95 bits per heavy atom. The average molecular weight is 302 g/mol. The Balaban J connectivity index is 1.82. The molecule has 1 N–H and O–H groups in total. The first-order chi connectivity index (χ1) is 10.2. The van der Waals surface area contributed by atoms with Gasteiger partial charge in [-0.1, -0.05) is 41.9 Å². The Hall–Kier alpha value is -1.58. The normalized spacial score (nSPS) is 15.7. The second kappa shape index (κ2) is 6.04. The number of nitrogens with zero attached hydrogens (tertiary/aromatic N) is 2. The van der Waals surface area contributed by atoms with Crippen LogP contribution in [0.15, 0.2) is 48.7 Å². The van der Waals surface area contributed by atoms with E-state index in [0.29, 0.717) is 5.15 Å². The molecule has 1 aliphatic carbocycles. The van der Waals surface area contributed by atoms with Crippen LogP contribution < -0.4 is 10.2 Å². The lowest BCUT2D eigenvalue weighted by molar-refractivity contribution is 0.533. The lowest BCUT2D eigenvalue weighted by atomic mass is 10.1. The first-order valence-electron chi connectivity index (χ1n) is 7.30. The fourth-order valence-electron chi connectivity index (χ4n) is 2.60. The van der Waals surface area contributed by atoms with E-state index < -0.39 is 0 Å². The number of likely N-dealkylation sites (N-methyl/N-ethyl adjacent to an activating group) is 1. The summed E-state index contributed by atoms with van der Waals surface area (Å²) in [5, 5.41) is 4.00. The van der Waals surface area contributed by atoms with Crippen molar-refractivity contribution in [3.8, 4) is 0 Å². The van der Waals surface area contributed by atoms with Crippen LogP contribution in [-0.2, 0) is 6.54 Å². The van der Waals surface area contributed by atoms with E-state index in [1.807, 2.05) is 31.4 Å². The standard InChI is InChI=1S/C17H20ClN3/c1-19-17(9-10-17)13-21(12-14-5-3-2-4-6-14)15-7-8-16(18)20-11-15/h2-8,11,19H,9-10,12-13H2,1H3. The number of anilines is 1. The minimum atomic E-state index is 0.258. The van der Waals surface area contributed by atoms with Gasteiger partial charge in [0.05, 0.1) is 11.9 Å². The van der Waals surface area contributed by atoms with Crippen LogP contribution in [-0.4, -0.2) is 24.1 Å². The highest BCUT2D eigenvalue weighted by Gasteiger charge is 2.42. The minimum Gasteiger partial charge on any atom is -0.364 e. The molecule has 21 heavy (non-hydrogen) atoms. The van der Waals surface area contributed by atoms with Gasteiger partial charge in [-0.05, 0) is 37.6 Å². The van der Waals surface area contributed by atoms with Gasteiger partial charge in [0, 0.05) is 18.6 Å². The highest BCUT2D eigenvalue weighted by molar-refractivity contribution is 6.29. The van der Waals surface area contributed by atoms with Crippen molar-refractivity contribution in [3.05, 3.63) is 59.4 Å². The van der Waals surface area contributed by atoms with Crippen molar-refractivity contribution in [1.29, 1.82) is 0 Å². The van der Waals surface area contributed by atoms with Crippen LogP contribution in [0.2, 0.25) is 5.15 Å². The molecular weight excluding hydrogens is 282 g/mol. The van der Waals surface area contributed by atoms with Crippen LogP contribution >= 0.6 is 11.6 Å². The van der Waals surface area contributed by atoms with Gasteiger partial charge in [0.1, 0.15) is 5.15 Å². The number of halogens is 1. The van der Waals surface area contributed by atoms with Gasteiger partial charge in [-0.3, -0.25) is 0 Å². The van der Waals surface area contributed by atoms with Crippen LogP contribution in [0.5, 0.6) is 0 Å². The molecule has 1 aromatic carbocycles. The zero-order chi connectivity index (χ0) is 14.7. The number of pyridine rings is 1. The molecule has 2 aromatic rings. The molecule has 1 heterocycles. The van der Waals surface area contributed by atoms with Crippen LogP contribution in [0.4, 0.5) is 5.69 Å². The molecule has 0 spiro atoms. The van der Waals surface area contributed by atoms with Crippen LogP contribution in [0, 0.1) is 0 Å². The van der Waals surface area contributed by atoms with E-state index in [1.165, 1.54) is 18.4 Å². The summed E-state index contributed by atoms with van der Waals surface area (Å²) in [6.45, 7) is 1.87. The molecule has 0 atom stereocenters. The molecule has 0 unspecified atom stereocenters. The number of rotatable bonds is 6. The third-order valence-electron chi connectivity index (χ3n) is 4.17. The molecule has 3 rings (SSSR count). The third-order valence-corrected chi connectivity index (χ3v) is 4.39. The van der Waals surface area contributed by atoms with Gasteiger partial charge in [0.2, 0.25) is 0 Å². The molecule has 110 valence electrons. The number of nitrogens with one attached hydrogen (secondary N) is 1. The smallest absolute Gasteiger partial charge is 0.129 e. The summed E-state index contributed by atoms with van der Waals surface area (Å²) in [6.07, 6.45) is 4.32. The van der Waals surface area contributed by atoms with Crippen LogP contribution in [0.25, 0.3) is 0 Å². The Morgan fingerprint density at radius 3 is 2.52 bits per heavy atom. The summed E-state index contributed by atoms with van der Waals surface area (Å²) in [5.41, 5.74) is 2.68. The Labute approximate surface area is 131 Å². The van der Waals surface area contributed by atoms with Gasteiger partial charge in [0.25, 0.3) is 0 Å². The van der Waals surface area contributed by atoms with Crippen molar-refractivity contribution in [2.75, 3.05) is 18.5 Å². The van der Waals surface area contributed by atoms with Gasteiger partial charge in [-0.25, -0.2) is 4.98 Å². The van der Waals surface area contributed by atoms with E-state index in [1.54, 1.807) is 0 Å². The molecule has 1 fully saturated rings. The Bertz CT molecular complexity index is 579. The van der Waals surface area contributed by atoms with Gasteiger partial charge in [-0.15, -0.1) is 0 Å². The number of hydrogen-bond donors (Lipinski definition) is 1.